The monoisotopic (exact) mass is 821 g/mol. The minimum absolute atomic E-state index is 0.0127. The Kier molecular flexibility index (Phi) is 31.5. The van der Waals surface area contributed by atoms with Gasteiger partial charge in [0.05, 0.1) is 40.0 Å². The number of carbonyl (C=O) groups is 2. The Morgan fingerprint density at radius 1 is 0.649 bits per heavy atom. The first kappa shape index (κ1) is 52.4. The molecule has 0 aromatic carbocycles. The van der Waals surface area contributed by atoms with Crippen LogP contribution >= 0.6 is 7.82 Å². The molecule has 0 aromatic heterocycles. The van der Waals surface area contributed by atoms with Crippen molar-refractivity contribution in [3.05, 3.63) is 72.9 Å². The van der Waals surface area contributed by atoms with Crippen molar-refractivity contribution < 1.29 is 46.8 Å². The molecule has 1 fully saturated rings. The molecule has 0 aliphatic carbocycles. The normalized spacial score (nSPS) is 17.9. The number of nitrogens with zero attached hydrogens (tertiary/aromatic N) is 1. The van der Waals surface area contributed by atoms with E-state index in [1.54, 1.807) is 0 Å². The van der Waals surface area contributed by atoms with E-state index in [1.807, 2.05) is 27.2 Å². The Hall–Kier alpha value is -2.59. The number of quaternary nitrogens is 1. The lowest BCUT2D eigenvalue weighted by Crippen LogP contribution is -2.37. The van der Waals surface area contributed by atoms with Gasteiger partial charge in [0, 0.05) is 12.8 Å². The molecular formula is C46H79NO9P+. The lowest BCUT2D eigenvalue weighted by molar-refractivity contribution is -0.870. The quantitative estimate of drug-likeness (QED) is 0.0163. The smallest absolute Gasteiger partial charge is 0.462 e. The molecule has 1 saturated heterocycles. The summed E-state index contributed by atoms with van der Waals surface area (Å²) in [4.78, 5) is 35.3. The van der Waals surface area contributed by atoms with Gasteiger partial charge >= 0.3 is 19.8 Å². The lowest BCUT2D eigenvalue weighted by atomic mass is 10.1. The minimum Gasteiger partial charge on any atom is -0.462 e. The molecule has 0 bridgehead atoms. The van der Waals surface area contributed by atoms with Crippen LogP contribution in [0.25, 0.3) is 0 Å². The number of phosphoric acid groups is 1. The molecule has 57 heavy (non-hydrogen) atoms. The van der Waals surface area contributed by atoms with Crippen LogP contribution < -0.4 is 0 Å². The van der Waals surface area contributed by atoms with Crippen LogP contribution in [0, 0.1) is 0 Å². The summed E-state index contributed by atoms with van der Waals surface area (Å²) in [6.07, 6.45) is 44.2. The summed E-state index contributed by atoms with van der Waals surface area (Å²) in [5.74, 6) is -0.895. The van der Waals surface area contributed by atoms with Gasteiger partial charge in [0.15, 0.2) is 6.10 Å². The van der Waals surface area contributed by atoms with Gasteiger partial charge in [0.25, 0.3) is 0 Å². The minimum atomic E-state index is -4.40. The molecule has 0 amide bonds. The maximum absolute atomic E-state index is 12.7. The Morgan fingerprint density at radius 2 is 1.18 bits per heavy atom. The second-order valence-electron chi connectivity index (χ2n) is 15.7. The number of allylic oxidation sites excluding steroid dienone is 10. The molecule has 1 rings (SSSR count). The number of esters is 2. The van der Waals surface area contributed by atoms with Gasteiger partial charge in [-0.1, -0.05) is 119 Å². The van der Waals surface area contributed by atoms with Crippen molar-refractivity contribution in [2.75, 3.05) is 47.5 Å². The first-order valence-electron chi connectivity index (χ1n) is 21.8. The van der Waals surface area contributed by atoms with E-state index < -0.39 is 32.5 Å². The second kappa shape index (κ2) is 34.3. The average molecular weight is 821 g/mol. The third kappa shape index (κ3) is 35.1. The molecule has 326 valence electrons. The van der Waals surface area contributed by atoms with Crippen molar-refractivity contribution in [3.8, 4) is 0 Å². The molecule has 1 aliphatic heterocycles. The van der Waals surface area contributed by atoms with Crippen molar-refractivity contribution in [2.24, 2.45) is 0 Å². The zero-order chi connectivity index (χ0) is 41.9. The van der Waals surface area contributed by atoms with Gasteiger partial charge in [-0.3, -0.25) is 18.6 Å². The van der Waals surface area contributed by atoms with Crippen LogP contribution in [-0.2, 0) is 37.4 Å². The molecule has 1 aliphatic rings. The SMILES string of the molecule is CC/C=C\CC1OC1C/C=C\C/C=C\C/C=C\CCCC(=O)OC(COC(=O)CCCCCCC/C=C\C/C=C\CCCCC)COP(=O)(O)OCC[N+](C)(C)C. The fourth-order valence-corrected chi connectivity index (χ4v) is 6.33. The maximum Gasteiger partial charge on any atom is 0.472 e. The first-order chi connectivity index (χ1) is 27.5. The number of hydrogen-bond acceptors (Lipinski definition) is 8. The lowest BCUT2D eigenvalue weighted by Gasteiger charge is -2.24. The molecule has 0 radical (unpaired) electrons. The summed E-state index contributed by atoms with van der Waals surface area (Å²) in [5, 5.41) is 0. The summed E-state index contributed by atoms with van der Waals surface area (Å²) in [6, 6.07) is 0. The zero-order valence-corrected chi connectivity index (χ0v) is 37.1. The third-order valence-electron chi connectivity index (χ3n) is 9.12. The Bertz CT molecular complexity index is 1270. The van der Waals surface area contributed by atoms with E-state index in [1.165, 1.54) is 25.7 Å². The number of carbonyl (C=O) groups excluding carboxylic acids is 2. The summed E-state index contributed by atoms with van der Waals surface area (Å²) in [5.41, 5.74) is 0. The van der Waals surface area contributed by atoms with E-state index in [-0.39, 0.29) is 26.1 Å². The Balaban J connectivity index is 2.34. The molecule has 11 heteroatoms. The fraction of sp³-hybridized carbons (Fsp3) is 0.696. The second-order valence-corrected chi connectivity index (χ2v) is 17.2. The molecule has 4 unspecified atom stereocenters. The number of phosphoric ester groups is 1. The van der Waals surface area contributed by atoms with E-state index in [0.717, 1.165) is 70.6 Å². The van der Waals surface area contributed by atoms with Crippen LogP contribution in [-0.4, -0.2) is 87.1 Å². The van der Waals surface area contributed by atoms with Gasteiger partial charge in [-0.15, -0.1) is 0 Å². The molecule has 0 aromatic rings. The maximum atomic E-state index is 12.7. The summed E-state index contributed by atoms with van der Waals surface area (Å²) >= 11 is 0. The number of hydrogen-bond donors (Lipinski definition) is 1. The molecule has 1 N–H and O–H groups in total. The Morgan fingerprint density at radius 3 is 1.79 bits per heavy atom. The van der Waals surface area contributed by atoms with Crippen molar-refractivity contribution in [2.45, 2.75) is 161 Å². The van der Waals surface area contributed by atoms with E-state index in [4.69, 9.17) is 23.3 Å². The zero-order valence-electron chi connectivity index (χ0n) is 36.2. The van der Waals surface area contributed by atoms with Crippen molar-refractivity contribution in [3.63, 3.8) is 0 Å². The van der Waals surface area contributed by atoms with E-state index >= 15 is 0 Å². The number of unbranched alkanes of at least 4 members (excludes halogenated alkanes) is 9. The highest BCUT2D eigenvalue weighted by Gasteiger charge is 2.36. The van der Waals surface area contributed by atoms with Gasteiger partial charge < -0.3 is 23.6 Å². The summed E-state index contributed by atoms with van der Waals surface area (Å²) < 4.78 is 39.9. The van der Waals surface area contributed by atoms with Crippen LogP contribution in [0.5, 0.6) is 0 Å². The summed E-state index contributed by atoms with van der Waals surface area (Å²) in [7, 11) is 1.41. The van der Waals surface area contributed by atoms with Crippen molar-refractivity contribution >= 4 is 19.8 Å². The molecular weight excluding hydrogens is 741 g/mol. The highest BCUT2D eigenvalue weighted by molar-refractivity contribution is 7.47. The van der Waals surface area contributed by atoms with E-state index in [9.17, 15) is 19.0 Å². The standard InChI is InChI=1S/C46H78NO9P/c1-6-8-10-11-12-13-14-15-16-17-18-22-25-28-32-36-45(48)52-40-42(41-54-57(50,51)53-39-38-47(3,4)5)55-46(49)37-33-29-26-23-20-19-21-24-27-31-35-44-43(56-44)34-30-9-7-2/h9,12-13,15-16,19,21,23,26-27,30-31,42-44H,6-8,10-11,14,17-18,20,22,24-25,28-29,32-41H2,1-5H3/p+1/b13-12-,16-15-,21-19-,26-23-,30-9-,31-27-. The highest BCUT2D eigenvalue weighted by Crippen LogP contribution is 2.43. The third-order valence-corrected chi connectivity index (χ3v) is 10.1. The highest BCUT2D eigenvalue weighted by atomic mass is 31.2. The van der Waals surface area contributed by atoms with E-state index in [2.05, 4.69) is 80.7 Å². The van der Waals surface area contributed by atoms with Gasteiger partial charge in [-0.25, -0.2) is 4.57 Å². The van der Waals surface area contributed by atoms with Gasteiger partial charge in [-0.2, -0.15) is 0 Å². The van der Waals surface area contributed by atoms with Crippen LogP contribution in [0.15, 0.2) is 72.9 Å². The van der Waals surface area contributed by atoms with Crippen LogP contribution in [0.3, 0.4) is 0 Å². The molecule has 0 saturated carbocycles. The van der Waals surface area contributed by atoms with Crippen LogP contribution in [0.1, 0.15) is 142 Å². The number of likely N-dealkylation sites (N-methyl/N-ethyl adjacent to an activating group) is 1. The molecule has 4 atom stereocenters. The predicted molar refractivity (Wildman–Crippen MR) is 233 cm³/mol. The summed E-state index contributed by atoms with van der Waals surface area (Å²) in [6.45, 7) is 4.16. The average Bonchev–Trinajstić information content (AvgIpc) is 3.91. The number of ether oxygens (including phenoxy) is 3. The van der Waals surface area contributed by atoms with Crippen molar-refractivity contribution in [1.82, 2.24) is 0 Å². The predicted octanol–water partition coefficient (Wildman–Crippen LogP) is 11.2. The van der Waals surface area contributed by atoms with Crippen LogP contribution in [0.4, 0.5) is 0 Å². The fourth-order valence-electron chi connectivity index (χ4n) is 5.59. The molecule has 10 nitrogen and oxygen atoms in total. The number of rotatable bonds is 37. The first-order valence-corrected chi connectivity index (χ1v) is 23.3. The van der Waals surface area contributed by atoms with Gasteiger partial charge in [-0.05, 0) is 83.5 Å². The van der Waals surface area contributed by atoms with E-state index in [0.29, 0.717) is 42.5 Å². The van der Waals surface area contributed by atoms with Gasteiger partial charge in [0.1, 0.15) is 19.8 Å². The van der Waals surface area contributed by atoms with Gasteiger partial charge in [0.2, 0.25) is 0 Å². The molecule has 0 spiro atoms. The number of epoxide rings is 1. The van der Waals surface area contributed by atoms with Crippen molar-refractivity contribution in [1.29, 1.82) is 0 Å². The van der Waals surface area contributed by atoms with Crippen LogP contribution in [0.2, 0.25) is 0 Å². The largest absolute Gasteiger partial charge is 0.472 e. The Labute approximate surface area is 346 Å². The topological polar surface area (TPSA) is 121 Å². The molecule has 1 heterocycles.